The van der Waals surface area contributed by atoms with Crippen LogP contribution in [0.15, 0.2) is 10.4 Å². The summed E-state index contributed by atoms with van der Waals surface area (Å²) in [4.78, 5) is 9.17. The first kappa shape index (κ1) is 22.8. The summed E-state index contributed by atoms with van der Waals surface area (Å²) in [5, 5.41) is 10.4. The van der Waals surface area contributed by atoms with Crippen molar-refractivity contribution in [3.63, 3.8) is 0 Å². The first-order chi connectivity index (χ1) is 11.6. The zero-order valence-corrected chi connectivity index (χ0v) is 19.4. The number of halogens is 1. The standard InChI is InChI=1S/C17H30N4OS2.HI/c1-4-18-17(19-10-9-15-12-23-13(3)20-15)21-14-7-6-8-16(11-14)24(22)5-2;/h12,14,16H,4-11H2,1-3H3,(H2,18,19,21);1H. The summed E-state index contributed by atoms with van der Waals surface area (Å²) < 4.78 is 12.1. The lowest BCUT2D eigenvalue weighted by Crippen LogP contribution is -2.46. The van der Waals surface area contributed by atoms with Crippen LogP contribution in [0, 0.1) is 6.92 Å². The molecule has 0 radical (unpaired) electrons. The van der Waals surface area contributed by atoms with Crippen LogP contribution < -0.4 is 10.6 Å². The van der Waals surface area contributed by atoms with Crippen molar-refractivity contribution in [1.29, 1.82) is 0 Å². The van der Waals surface area contributed by atoms with Crippen molar-refractivity contribution < 1.29 is 4.21 Å². The van der Waals surface area contributed by atoms with Crippen LogP contribution in [0.25, 0.3) is 0 Å². The number of nitrogens with one attached hydrogen (secondary N) is 2. The highest BCUT2D eigenvalue weighted by Crippen LogP contribution is 2.23. The molecule has 0 aromatic carbocycles. The Morgan fingerprint density at radius 1 is 1.44 bits per heavy atom. The van der Waals surface area contributed by atoms with Crippen LogP contribution in [-0.2, 0) is 17.2 Å². The molecule has 1 aromatic heterocycles. The summed E-state index contributed by atoms with van der Waals surface area (Å²) in [5.41, 5.74) is 1.12. The van der Waals surface area contributed by atoms with Gasteiger partial charge >= 0.3 is 0 Å². The predicted molar refractivity (Wildman–Crippen MR) is 120 cm³/mol. The Hall–Kier alpha value is -0.220. The van der Waals surface area contributed by atoms with Gasteiger partial charge in [0.25, 0.3) is 0 Å². The number of nitrogens with zero attached hydrogens (tertiary/aromatic N) is 2. The van der Waals surface area contributed by atoms with Crippen LogP contribution in [0.5, 0.6) is 0 Å². The largest absolute Gasteiger partial charge is 0.357 e. The maximum Gasteiger partial charge on any atom is 0.191 e. The third-order valence-electron chi connectivity index (χ3n) is 4.27. The molecule has 1 fully saturated rings. The maximum atomic E-state index is 12.1. The molecule has 0 bridgehead atoms. The summed E-state index contributed by atoms with van der Waals surface area (Å²) >= 11 is 1.69. The van der Waals surface area contributed by atoms with Gasteiger partial charge in [-0.15, -0.1) is 35.3 Å². The summed E-state index contributed by atoms with van der Waals surface area (Å²) in [7, 11) is -0.688. The van der Waals surface area contributed by atoms with Crippen molar-refractivity contribution in [2.24, 2.45) is 4.99 Å². The van der Waals surface area contributed by atoms with Gasteiger partial charge in [0.15, 0.2) is 5.96 Å². The summed E-state index contributed by atoms with van der Waals surface area (Å²) in [6.45, 7) is 7.70. The molecule has 0 saturated heterocycles. The highest BCUT2D eigenvalue weighted by Gasteiger charge is 2.25. The average Bonchev–Trinajstić information content (AvgIpc) is 3.00. The molecular formula is C17H31IN4OS2. The minimum Gasteiger partial charge on any atom is -0.357 e. The van der Waals surface area contributed by atoms with Gasteiger partial charge in [0, 0.05) is 52.7 Å². The maximum absolute atomic E-state index is 12.1. The normalized spacial score (nSPS) is 22.1. The molecule has 8 heteroatoms. The lowest BCUT2D eigenvalue weighted by Gasteiger charge is -2.30. The number of hydrogen-bond donors (Lipinski definition) is 2. The van der Waals surface area contributed by atoms with Gasteiger partial charge < -0.3 is 10.6 Å². The molecule has 1 aromatic rings. The first-order valence-electron chi connectivity index (χ1n) is 8.95. The Kier molecular flexibility index (Phi) is 11.2. The van der Waals surface area contributed by atoms with Crippen LogP contribution in [0.2, 0.25) is 0 Å². The third-order valence-corrected chi connectivity index (χ3v) is 6.83. The fraction of sp³-hybridized carbons (Fsp3) is 0.765. The van der Waals surface area contributed by atoms with Crippen molar-refractivity contribution in [2.75, 3.05) is 18.8 Å². The second-order valence-electron chi connectivity index (χ2n) is 6.17. The minimum atomic E-state index is -0.688. The van der Waals surface area contributed by atoms with Crippen molar-refractivity contribution in [2.45, 2.75) is 64.2 Å². The molecule has 25 heavy (non-hydrogen) atoms. The summed E-state index contributed by atoms with van der Waals surface area (Å²) in [6, 6.07) is 0.374. The molecule has 3 atom stereocenters. The topological polar surface area (TPSA) is 66.4 Å². The molecule has 144 valence electrons. The van der Waals surface area contributed by atoms with Gasteiger partial charge in [-0.2, -0.15) is 0 Å². The Bertz CT molecular complexity index is 565. The molecule has 0 spiro atoms. The van der Waals surface area contributed by atoms with E-state index in [0.717, 1.165) is 67.6 Å². The van der Waals surface area contributed by atoms with E-state index in [1.165, 1.54) is 0 Å². The number of aromatic nitrogens is 1. The van der Waals surface area contributed by atoms with Crippen molar-refractivity contribution >= 4 is 52.1 Å². The van der Waals surface area contributed by atoms with Crippen LogP contribution in [0.3, 0.4) is 0 Å². The zero-order chi connectivity index (χ0) is 17.4. The second kappa shape index (κ2) is 12.2. The molecule has 2 rings (SSSR count). The summed E-state index contributed by atoms with van der Waals surface area (Å²) in [6.07, 6.45) is 5.22. The number of rotatable bonds is 7. The van der Waals surface area contributed by atoms with Crippen molar-refractivity contribution in [3.8, 4) is 0 Å². The van der Waals surface area contributed by atoms with Crippen LogP contribution in [0.1, 0.15) is 50.2 Å². The van der Waals surface area contributed by atoms with E-state index in [-0.39, 0.29) is 24.0 Å². The fourth-order valence-electron chi connectivity index (χ4n) is 3.07. The van der Waals surface area contributed by atoms with Crippen LogP contribution >= 0.6 is 35.3 Å². The molecule has 1 aliphatic rings. The molecule has 1 saturated carbocycles. The molecule has 2 N–H and O–H groups in total. The third kappa shape index (κ3) is 7.90. The van der Waals surface area contributed by atoms with E-state index >= 15 is 0 Å². The molecule has 0 amide bonds. The Balaban J connectivity index is 0.00000312. The number of thiazole rings is 1. The van der Waals surface area contributed by atoms with E-state index < -0.39 is 10.8 Å². The molecular weight excluding hydrogens is 467 g/mol. The SMILES string of the molecule is CCNC(=NCCc1csc(C)n1)NC1CCCC(S(=O)CC)C1.I. The van der Waals surface area contributed by atoms with Gasteiger partial charge in [-0.1, -0.05) is 13.3 Å². The lowest BCUT2D eigenvalue weighted by molar-refractivity contribution is 0.413. The van der Waals surface area contributed by atoms with Crippen LogP contribution in [0.4, 0.5) is 0 Å². The van der Waals surface area contributed by atoms with Gasteiger partial charge in [0.05, 0.1) is 10.7 Å². The second-order valence-corrected chi connectivity index (χ2v) is 9.24. The highest BCUT2D eigenvalue weighted by atomic mass is 127. The predicted octanol–water partition coefficient (Wildman–Crippen LogP) is 3.25. The van der Waals surface area contributed by atoms with E-state index in [1.54, 1.807) is 11.3 Å². The fourth-order valence-corrected chi connectivity index (χ4v) is 5.06. The van der Waals surface area contributed by atoms with Crippen molar-refractivity contribution in [3.05, 3.63) is 16.1 Å². The van der Waals surface area contributed by atoms with Gasteiger partial charge in [0.2, 0.25) is 0 Å². The Morgan fingerprint density at radius 2 is 2.24 bits per heavy atom. The van der Waals surface area contributed by atoms with Gasteiger partial charge in [0.1, 0.15) is 0 Å². The Labute approximate surface area is 175 Å². The van der Waals surface area contributed by atoms with E-state index in [0.29, 0.717) is 11.3 Å². The van der Waals surface area contributed by atoms with Gasteiger partial charge in [-0.05, 0) is 33.1 Å². The van der Waals surface area contributed by atoms with E-state index in [4.69, 9.17) is 0 Å². The van der Waals surface area contributed by atoms with Crippen molar-refractivity contribution in [1.82, 2.24) is 15.6 Å². The van der Waals surface area contributed by atoms with E-state index in [2.05, 4.69) is 32.9 Å². The molecule has 3 unspecified atom stereocenters. The van der Waals surface area contributed by atoms with Gasteiger partial charge in [-0.25, -0.2) is 4.98 Å². The van der Waals surface area contributed by atoms with E-state index in [9.17, 15) is 4.21 Å². The monoisotopic (exact) mass is 498 g/mol. The lowest BCUT2D eigenvalue weighted by atomic mass is 9.95. The number of aliphatic imine (C=N–C) groups is 1. The quantitative estimate of drug-likeness (QED) is 0.344. The first-order valence-corrected chi connectivity index (χ1v) is 11.2. The molecule has 0 aliphatic heterocycles. The van der Waals surface area contributed by atoms with E-state index in [1.807, 2.05) is 13.8 Å². The Morgan fingerprint density at radius 3 is 2.88 bits per heavy atom. The number of guanidine groups is 1. The summed E-state index contributed by atoms with van der Waals surface area (Å²) in [5.74, 6) is 1.64. The van der Waals surface area contributed by atoms with Gasteiger partial charge in [-0.3, -0.25) is 9.20 Å². The molecule has 1 heterocycles. The molecule has 5 nitrogen and oxygen atoms in total. The number of aryl methyl sites for hydroxylation is 1. The zero-order valence-electron chi connectivity index (χ0n) is 15.4. The van der Waals surface area contributed by atoms with Crippen LogP contribution in [-0.4, -0.2) is 45.3 Å². The highest BCUT2D eigenvalue weighted by molar-refractivity contribution is 14.0. The number of hydrogen-bond acceptors (Lipinski definition) is 4. The molecule has 1 aliphatic carbocycles. The average molecular weight is 499 g/mol. The smallest absolute Gasteiger partial charge is 0.191 e. The minimum absolute atomic E-state index is 0.